The van der Waals surface area contributed by atoms with E-state index >= 15 is 0 Å². The highest BCUT2D eigenvalue weighted by Crippen LogP contribution is 2.32. The molecule has 0 saturated heterocycles. The number of nitrogens with one attached hydrogen (secondary N) is 2. The summed E-state index contributed by atoms with van der Waals surface area (Å²) >= 11 is 0. The number of benzene rings is 1. The van der Waals surface area contributed by atoms with Crippen molar-refractivity contribution in [2.24, 2.45) is 0 Å². The predicted octanol–water partition coefficient (Wildman–Crippen LogP) is 3.94. The van der Waals surface area contributed by atoms with Gasteiger partial charge in [0.1, 0.15) is 18.9 Å². The first-order chi connectivity index (χ1) is 13.7. The predicted molar refractivity (Wildman–Crippen MR) is 107 cm³/mol. The SMILES string of the molecule is Cc1cc(C(=O)Nc2ccc3c(c2)OCCO3)nc(NC2CCCCCC2)n1. The Morgan fingerprint density at radius 2 is 1.75 bits per heavy atom. The number of carbonyl (C=O) groups is 1. The maximum absolute atomic E-state index is 12.7. The molecule has 2 N–H and O–H groups in total. The molecule has 0 unspecified atom stereocenters. The molecule has 0 spiro atoms. The van der Waals surface area contributed by atoms with Crippen LogP contribution in [0.4, 0.5) is 11.6 Å². The van der Waals surface area contributed by atoms with E-state index < -0.39 is 0 Å². The van der Waals surface area contributed by atoms with Crippen molar-refractivity contribution in [3.63, 3.8) is 0 Å². The largest absolute Gasteiger partial charge is 0.486 e. The second-order valence-corrected chi connectivity index (χ2v) is 7.36. The van der Waals surface area contributed by atoms with E-state index in [1.165, 1.54) is 25.7 Å². The van der Waals surface area contributed by atoms with Crippen molar-refractivity contribution in [1.82, 2.24) is 9.97 Å². The summed E-state index contributed by atoms with van der Waals surface area (Å²) in [7, 11) is 0. The van der Waals surface area contributed by atoms with E-state index in [4.69, 9.17) is 9.47 Å². The van der Waals surface area contributed by atoms with Gasteiger partial charge in [-0.1, -0.05) is 25.7 Å². The van der Waals surface area contributed by atoms with E-state index in [0.29, 0.717) is 48.1 Å². The van der Waals surface area contributed by atoms with Crippen molar-refractivity contribution in [1.29, 1.82) is 0 Å². The number of fused-ring (bicyclic) bond motifs is 1. The van der Waals surface area contributed by atoms with E-state index in [1.807, 2.05) is 6.92 Å². The van der Waals surface area contributed by atoms with Gasteiger partial charge in [-0.3, -0.25) is 4.79 Å². The maximum atomic E-state index is 12.7. The van der Waals surface area contributed by atoms with Gasteiger partial charge < -0.3 is 20.1 Å². The molecule has 7 nitrogen and oxygen atoms in total. The zero-order chi connectivity index (χ0) is 19.3. The zero-order valence-electron chi connectivity index (χ0n) is 16.2. The summed E-state index contributed by atoms with van der Waals surface area (Å²) < 4.78 is 11.1. The molecule has 1 aromatic carbocycles. The number of amides is 1. The lowest BCUT2D eigenvalue weighted by atomic mass is 10.1. The molecule has 2 aliphatic rings. The number of hydrogen-bond donors (Lipinski definition) is 2. The number of rotatable bonds is 4. The van der Waals surface area contributed by atoms with E-state index in [1.54, 1.807) is 24.3 Å². The third kappa shape index (κ3) is 4.52. The molecule has 7 heteroatoms. The second kappa shape index (κ2) is 8.46. The fourth-order valence-corrected chi connectivity index (χ4v) is 3.67. The van der Waals surface area contributed by atoms with Gasteiger partial charge in [0.2, 0.25) is 5.95 Å². The van der Waals surface area contributed by atoms with E-state index in [0.717, 1.165) is 18.5 Å². The zero-order valence-corrected chi connectivity index (χ0v) is 16.2. The van der Waals surface area contributed by atoms with Crippen LogP contribution in [0.1, 0.15) is 54.7 Å². The standard InChI is InChI=1S/C21H26N4O3/c1-14-12-17(25-21(22-14)24-15-6-4-2-3-5-7-15)20(26)23-16-8-9-18-19(13-16)28-11-10-27-18/h8-9,12-13,15H,2-7,10-11H2,1H3,(H,23,26)(H,22,24,25). The van der Waals surface area contributed by atoms with Gasteiger partial charge in [0.25, 0.3) is 5.91 Å². The Morgan fingerprint density at radius 1 is 1.00 bits per heavy atom. The molecule has 1 aliphatic carbocycles. The van der Waals surface area contributed by atoms with Crippen LogP contribution >= 0.6 is 0 Å². The lowest BCUT2D eigenvalue weighted by Crippen LogP contribution is -2.22. The van der Waals surface area contributed by atoms with Crippen LogP contribution in [0.5, 0.6) is 11.5 Å². The van der Waals surface area contributed by atoms with E-state index in [2.05, 4.69) is 20.6 Å². The van der Waals surface area contributed by atoms with Crippen LogP contribution in [-0.4, -0.2) is 35.1 Å². The van der Waals surface area contributed by atoms with Crippen LogP contribution in [0.25, 0.3) is 0 Å². The lowest BCUT2D eigenvalue weighted by Gasteiger charge is -2.19. The summed E-state index contributed by atoms with van der Waals surface area (Å²) in [6, 6.07) is 7.44. The van der Waals surface area contributed by atoms with Crippen molar-refractivity contribution in [2.75, 3.05) is 23.8 Å². The molecule has 0 atom stereocenters. The minimum Gasteiger partial charge on any atom is -0.486 e. The van der Waals surface area contributed by atoms with Crippen molar-refractivity contribution >= 4 is 17.5 Å². The minimum absolute atomic E-state index is 0.272. The monoisotopic (exact) mass is 382 g/mol. The Balaban J connectivity index is 1.47. The molecule has 2 aromatic rings. The molecule has 1 amide bonds. The van der Waals surface area contributed by atoms with Crippen molar-refractivity contribution in [3.8, 4) is 11.5 Å². The summed E-state index contributed by atoms with van der Waals surface area (Å²) in [5.41, 5.74) is 1.75. The minimum atomic E-state index is -0.272. The highest BCUT2D eigenvalue weighted by Gasteiger charge is 2.17. The van der Waals surface area contributed by atoms with Crippen molar-refractivity contribution < 1.29 is 14.3 Å². The summed E-state index contributed by atoms with van der Waals surface area (Å²) in [5.74, 6) is 1.58. The first-order valence-electron chi connectivity index (χ1n) is 10.0. The molecular formula is C21H26N4O3. The molecule has 2 heterocycles. The number of aromatic nitrogens is 2. The molecule has 1 aromatic heterocycles. The molecule has 28 heavy (non-hydrogen) atoms. The fraction of sp³-hybridized carbons (Fsp3) is 0.476. The number of aryl methyl sites for hydroxylation is 1. The molecule has 1 aliphatic heterocycles. The van der Waals surface area contributed by atoms with Crippen LogP contribution in [-0.2, 0) is 0 Å². The van der Waals surface area contributed by atoms with Gasteiger partial charge >= 0.3 is 0 Å². The topological polar surface area (TPSA) is 85.4 Å². The fourth-order valence-electron chi connectivity index (χ4n) is 3.67. The molecular weight excluding hydrogens is 356 g/mol. The number of ether oxygens (including phenoxy) is 2. The van der Waals surface area contributed by atoms with Crippen molar-refractivity contribution in [2.45, 2.75) is 51.5 Å². The van der Waals surface area contributed by atoms with Gasteiger partial charge in [-0.25, -0.2) is 9.97 Å². The van der Waals surface area contributed by atoms with Crippen LogP contribution in [0.15, 0.2) is 24.3 Å². The van der Waals surface area contributed by atoms with Crippen LogP contribution < -0.4 is 20.1 Å². The molecule has 4 rings (SSSR count). The second-order valence-electron chi connectivity index (χ2n) is 7.36. The van der Waals surface area contributed by atoms with Crippen molar-refractivity contribution in [3.05, 3.63) is 35.7 Å². The molecule has 0 bridgehead atoms. The van der Waals surface area contributed by atoms with Gasteiger partial charge in [0, 0.05) is 23.5 Å². The number of hydrogen-bond acceptors (Lipinski definition) is 6. The molecule has 1 fully saturated rings. The average Bonchev–Trinajstić information content (AvgIpc) is 2.96. The Hall–Kier alpha value is -2.83. The van der Waals surface area contributed by atoms with Crippen LogP contribution in [0.2, 0.25) is 0 Å². The first-order valence-corrected chi connectivity index (χ1v) is 10.0. The number of anilines is 2. The molecule has 148 valence electrons. The third-order valence-electron chi connectivity index (χ3n) is 5.08. The third-order valence-corrected chi connectivity index (χ3v) is 5.08. The number of nitrogens with zero attached hydrogens (tertiary/aromatic N) is 2. The van der Waals surface area contributed by atoms with Gasteiger partial charge in [0.15, 0.2) is 11.5 Å². The Labute approximate surface area is 164 Å². The van der Waals surface area contributed by atoms with Gasteiger partial charge in [0.05, 0.1) is 0 Å². The van der Waals surface area contributed by atoms with Gasteiger partial charge in [-0.2, -0.15) is 0 Å². The van der Waals surface area contributed by atoms with E-state index in [9.17, 15) is 4.79 Å². The Bertz CT molecular complexity index is 848. The summed E-state index contributed by atoms with van der Waals surface area (Å²) in [4.78, 5) is 21.7. The van der Waals surface area contributed by atoms with Crippen LogP contribution in [0, 0.1) is 6.92 Å². The summed E-state index contributed by atoms with van der Waals surface area (Å²) in [5, 5.41) is 6.31. The summed E-state index contributed by atoms with van der Waals surface area (Å²) in [6.45, 7) is 2.92. The van der Waals surface area contributed by atoms with Gasteiger partial charge in [-0.15, -0.1) is 0 Å². The smallest absolute Gasteiger partial charge is 0.274 e. The van der Waals surface area contributed by atoms with Gasteiger partial charge in [-0.05, 0) is 38.0 Å². The highest BCUT2D eigenvalue weighted by molar-refractivity contribution is 6.03. The van der Waals surface area contributed by atoms with Crippen LogP contribution in [0.3, 0.4) is 0 Å². The molecule has 1 saturated carbocycles. The highest BCUT2D eigenvalue weighted by atomic mass is 16.6. The quantitative estimate of drug-likeness (QED) is 0.779. The lowest BCUT2D eigenvalue weighted by molar-refractivity contribution is 0.102. The average molecular weight is 382 g/mol. The Kier molecular flexibility index (Phi) is 5.60. The Morgan fingerprint density at radius 3 is 2.54 bits per heavy atom. The maximum Gasteiger partial charge on any atom is 0.274 e. The van der Waals surface area contributed by atoms with E-state index in [-0.39, 0.29) is 5.91 Å². The first kappa shape index (κ1) is 18.5. The number of carbonyl (C=O) groups excluding carboxylic acids is 1. The molecule has 0 radical (unpaired) electrons. The summed E-state index contributed by atoms with van der Waals surface area (Å²) in [6.07, 6.45) is 7.26. The normalized spacial score (nSPS) is 16.9.